The summed E-state index contributed by atoms with van der Waals surface area (Å²) in [6.07, 6.45) is 0.609. The molecule has 3 rings (SSSR count). The number of rotatable bonds is 11. The third-order valence-electron chi connectivity index (χ3n) is 5.69. The van der Waals surface area contributed by atoms with Crippen molar-refractivity contribution in [2.45, 2.75) is 59.8 Å². The molecule has 0 unspecified atom stereocenters. The van der Waals surface area contributed by atoms with Crippen LogP contribution >= 0.6 is 0 Å². The van der Waals surface area contributed by atoms with Gasteiger partial charge in [0, 0.05) is 29.5 Å². The van der Waals surface area contributed by atoms with Gasteiger partial charge in [-0.05, 0) is 60.2 Å². The lowest BCUT2D eigenvalue weighted by atomic mass is 10.0. The largest absolute Gasteiger partial charge is 0.494 e. The van der Waals surface area contributed by atoms with E-state index in [1.165, 1.54) is 0 Å². The fourth-order valence-electron chi connectivity index (χ4n) is 3.73. The summed E-state index contributed by atoms with van der Waals surface area (Å²) in [5, 5.41) is 17.4. The predicted octanol–water partition coefficient (Wildman–Crippen LogP) is 7.21. The SMILES string of the molecule is CC.Cc1ccccc1NC(=O)Nc1ccc(CC(=O)Nc2cc(OCCCC(=O)O)ccc2C(C)C)cc1. The van der Waals surface area contributed by atoms with E-state index < -0.39 is 5.97 Å². The quantitative estimate of drug-likeness (QED) is 0.194. The van der Waals surface area contributed by atoms with Crippen molar-refractivity contribution in [1.29, 1.82) is 0 Å². The lowest BCUT2D eigenvalue weighted by Gasteiger charge is -2.16. The summed E-state index contributed by atoms with van der Waals surface area (Å²) in [6.45, 7) is 10.3. The maximum absolute atomic E-state index is 12.8. The van der Waals surface area contributed by atoms with Gasteiger partial charge in [0.05, 0.1) is 13.0 Å². The zero-order valence-corrected chi connectivity index (χ0v) is 23.3. The highest BCUT2D eigenvalue weighted by atomic mass is 16.5. The number of anilines is 3. The van der Waals surface area contributed by atoms with E-state index in [9.17, 15) is 14.4 Å². The number of carboxylic acids is 1. The number of benzene rings is 3. The van der Waals surface area contributed by atoms with E-state index in [1.54, 1.807) is 30.3 Å². The molecule has 8 nitrogen and oxygen atoms in total. The Bertz CT molecular complexity index is 1240. The third-order valence-corrected chi connectivity index (χ3v) is 5.69. The lowest BCUT2D eigenvalue weighted by molar-refractivity contribution is -0.137. The Labute approximate surface area is 230 Å². The second-order valence-corrected chi connectivity index (χ2v) is 9.07. The molecule has 0 radical (unpaired) electrons. The van der Waals surface area contributed by atoms with Crippen LogP contribution in [0.25, 0.3) is 0 Å². The molecule has 0 bridgehead atoms. The first-order valence-electron chi connectivity index (χ1n) is 13.2. The van der Waals surface area contributed by atoms with Crippen molar-refractivity contribution in [1.82, 2.24) is 0 Å². The van der Waals surface area contributed by atoms with E-state index in [-0.39, 0.29) is 37.3 Å². The monoisotopic (exact) mass is 533 g/mol. The van der Waals surface area contributed by atoms with Gasteiger partial charge in [-0.3, -0.25) is 9.59 Å². The van der Waals surface area contributed by atoms with Gasteiger partial charge >= 0.3 is 12.0 Å². The minimum absolute atomic E-state index is 0.0410. The molecule has 0 fully saturated rings. The van der Waals surface area contributed by atoms with Crippen LogP contribution in [0.5, 0.6) is 5.75 Å². The van der Waals surface area contributed by atoms with Crippen LogP contribution in [0.4, 0.5) is 21.9 Å². The van der Waals surface area contributed by atoms with E-state index in [0.717, 1.165) is 22.4 Å². The number of hydrogen-bond donors (Lipinski definition) is 4. The van der Waals surface area contributed by atoms with Crippen LogP contribution in [0.1, 0.15) is 63.1 Å². The van der Waals surface area contributed by atoms with E-state index >= 15 is 0 Å². The van der Waals surface area contributed by atoms with Crippen LogP contribution in [-0.4, -0.2) is 29.6 Å². The van der Waals surface area contributed by atoms with Crippen molar-refractivity contribution in [3.05, 3.63) is 83.4 Å². The number of para-hydroxylation sites is 1. The van der Waals surface area contributed by atoms with E-state index in [0.29, 0.717) is 23.5 Å². The minimum Gasteiger partial charge on any atom is -0.494 e. The maximum atomic E-state index is 12.8. The number of urea groups is 1. The summed E-state index contributed by atoms with van der Waals surface area (Å²) in [4.78, 5) is 35.8. The standard InChI is InChI=1S/C29H33N3O5.C2H6/c1-19(2)24-15-14-23(37-16-6-9-28(34)35)18-26(24)31-27(33)17-21-10-12-22(13-11-21)30-29(36)32-25-8-5-4-7-20(25)3;1-2/h4-5,7-8,10-15,18-19H,6,9,16-17H2,1-3H3,(H,31,33)(H,34,35)(H2,30,32,36);1-2H3. The fourth-order valence-corrected chi connectivity index (χ4v) is 3.73. The molecule has 208 valence electrons. The molecule has 4 N–H and O–H groups in total. The normalized spacial score (nSPS) is 10.2. The molecule has 0 heterocycles. The van der Waals surface area contributed by atoms with Gasteiger partial charge in [0.15, 0.2) is 0 Å². The summed E-state index contributed by atoms with van der Waals surface area (Å²) in [5.41, 5.74) is 4.77. The third kappa shape index (κ3) is 10.5. The number of hydrogen-bond acceptors (Lipinski definition) is 4. The molecule has 0 aliphatic carbocycles. The first-order valence-corrected chi connectivity index (χ1v) is 13.2. The average Bonchev–Trinajstić information content (AvgIpc) is 2.90. The number of ether oxygens (including phenoxy) is 1. The van der Waals surface area contributed by atoms with Gasteiger partial charge in [0.1, 0.15) is 5.75 Å². The van der Waals surface area contributed by atoms with Crippen LogP contribution in [0.2, 0.25) is 0 Å². The minimum atomic E-state index is -0.860. The highest BCUT2D eigenvalue weighted by molar-refractivity contribution is 6.00. The average molecular weight is 534 g/mol. The second kappa shape index (κ2) is 15.8. The Balaban J connectivity index is 0.00000260. The fraction of sp³-hybridized carbons (Fsp3) is 0.323. The van der Waals surface area contributed by atoms with Crippen molar-refractivity contribution < 1.29 is 24.2 Å². The summed E-state index contributed by atoms with van der Waals surface area (Å²) in [6, 6.07) is 19.8. The molecule has 0 saturated heterocycles. The van der Waals surface area contributed by atoms with Crippen LogP contribution in [0.15, 0.2) is 66.7 Å². The lowest BCUT2D eigenvalue weighted by Crippen LogP contribution is -2.20. The molecular formula is C31H39N3O5. The highest BCUT2D eigenvalue weighted by Crippen LogP contribution is 2.29. The smallest absolute Gasteiger partial charge is 0.323 e. The van der Waals surface area contributed by atoms with Crippen molar-refractivity contribution in [2.75, 3.05) is 22.6 Å². The molecule has 3 aromatic rings. The van der Waals surface area contributed by atoms with E-state index in [2.05, 4.69) is 16.0 Å². The molecule has 0 aliphatic heterocycles. The Morgan fingerprint density at radius 3 is 2.21 bits per heavy atom. The molecule has 0 aromatic heterocycles. The van der Waals surface area contributed by atoms with Crippen molar-refractivity contribution in [3.8, 4) is 5.75 Å². The van der Waals surface area contributed by atoms with Crippen molar-refractivity contribution in [2.24, 2.45) is 0 Å². The number of aryl methyl sites for hydroxylation is 1. The molecular weight excluding hydrogens is 494 g/mol. The number of amides is 3. The van der Waals surface area contributed by atoms with Crippen molar-refractivity contribution >= 4 is 35.0 Å². The van der Waals surface area contributed by atoms with Gasteiger partial charge in [-0.1, -0.05) is 64.1 Å². The van der Waals surface area contributed by atoms with Crippen molar-refractivity contribution in [3.63, 3.8) is 0 Å². The molecule has 39 heavy (non-hydrogen) atoms. The Morgan fingerprint density at radius 1 is 0.872 bits per heavy atom. The molecule has 0 saturated carbocycles. The van der Waals surface area contributed by atoms with Gasteiger partial charge in [-0.25, -0.2) is 4.79 Å². The topological polar surface area (TPSA) is 117 Å². The van der Waals surface area contributed by atoms with E-state index in [1.807, 2.05) is 71.0 Å². The number of nitrogens with one attached hydrogen (secondary N) is 3. The Kier molecular flexibility index (Phi) is 12.5. The summed E-state index contributed by atoms with van der Waals surface area (Å²) in [7, 11) is 0. The molecule has 0 spiro atoms. The van der Waals surface area contributed by atoms with Gasteiger partial charge in [0.25, 0.3) is 0 Å². The Hall–Kier alpha value is -4.33. The Morgan fingerprint density at radius 2 is 1.56 bits per heavy atom. The zero-order chi connectivity index (χ0) is 28.8. The predicted molar refractivity (Wildman–Crippen MR) is 157 cm³/mol. The van der Waals surface area contributed by atoms with Gasteiger partial charge in [0.2, 0.25) is 5.91 Å². The zero-order valence-electron chi connectivity index (χ0n) is 23.3. The number of aliphatic carboxylic acids is 1. The first kappa shape index (κ1) is 30.9. The van der Waals surface area contributed by atoms with Crippen LogP contribution in [-0.2, 0) is 16.0 Å². The van der Waals surface area contributed by atoms with Gasteiger partial charge < -0.3 is 25.8 Å². The van der Waals surface area contributed by atoms with Crippen LogP contribution < -0.4 is 20.7 Å². The maximum Gasteiger partial charge on any atom is 0.323 e. The highest BCUT2D eigenvalue weighted by Gasteiger charge is 2.13. The first-order chi connectivity index (χ1) is 18.7. The number of carbonyl (C=O) groups is 3. The number of carbonyl (C=O) groups excluding carboxylic acids is 2. The van der Waals surface area contributed by atoms with E-state index in [4.69, 9.17) is 9.84 Å². The molecule has 3 aromatic carbocycles. The summed E-state index contributed by atoms with van der Waals surface area (Å²) < 4.78 is 5.67. The van der Waals surface area contributed by atoms with Gasteiger partial charge in [-0.15, -0.1) is 0 Å². The molecule has 0 aliphatic rings. The second-order valence-electron chi connectivity index (χ2n) is 9.07. The molecule has 0 atom stereocenters. The molecule has 8 heteroatoms. The summed E-state index contributed by atoms with van der Waals surface area (Å²) >= 11 is 0. The van der Waals surface area contributed by atoms with Crippen LogP contribution in [0, 0.1) is 6.92 Å². The molecule has 3 amide bonds. The summed E-state index contributed by atoms with van der Waals surface area (Å²) in [5.74, 6) is -0.277. The van der Waals surface area contributed by atoms with Crippen LogP contribution in [0.3, 0.4) is 0 Å². The van der Waals surface area contributed by atoms with Gasteiger partial charge in [-0.2, -0.15) is 0 Å². The number of carboxylic acid groups (broad SMARTS) is 1.